The summed E-state index contributed by atoms with van der Waals surface area (Å²) in [4.78, 5) is 36.2. The first kappa shape index (κ1) is 26.8. The molecule has 42 heavy (non-hydrogen) atoms. The molecule has 1 saturated heterocycles. The Balaban J connectivity index is 1.45. The lowest BCUT2D eigenvalue weighted by atomic mass is 9.83. The van der Waals surface area contributed by atoms with Gasteiger partial charge in [0.2, 0.25) is 17.6 Å². The van der Waals surface area contributed by atoms with E-state index >= 15 is 0 Å². The first-order chi connectivity index (χ1) is 20.5. The maximum absolute atomic E-state index is 11.8. The van der Waals surface area contributed by atoms with Crippen LogP contribution in [0.5, 0.6) is 0 Å². The number of aromatic amines is 1. The normalized spacial score (nSPS) is 21.2. The lowest BCUT2D eigenvalue weighted by molar-refractivity contribution is 0.0916. The van der Waals surface area contributed by atoms with Crippen LogP contribution in [0.1, 0.15) is 44.3 Å². The third-order valence-corrected chi connectivity index (χ3v) is 8.56. The minimum absolute atomic E-state index is 0.115. The van der Waals surface area contributed by atoms with E-state index in [1.807, 2.05) is 48.7 Å². The van der Waals surface area contributed by atoms with Gasteiger partial charge >= 0.3 is 5.76 Å². The van der Waals surface area contributed by atoms with Gasteiger partial charge in [-0.2, -0.15) is 4.98 Å². The molecule has 1 saturated carbocycles. The van der Waals surface area contributed by atoms with E-state index in [2.05, 4.69) is 31.5 Å². The molecule has 5 aromatic rings. The lowest BCUT2D eigenvalue weighted by Crippen LogP contribution is -2.41. The number of nitrogens with one attached hydrogen (secondary N) is 1. The molecule has 0 radical (unpaired) electrons. The fourth-order valence-electron chi connectivity index (χ4n) is 6.12. The predicted molar refractivity (Wildman–Crippen MR) is 158 cm³/mol. The Morgan fingerprint density at radius 1 is 1.07 bits per heavy atom. The molecule has 0 spiro atoms. The highest BCUT2D eigenvalue weighted by Crippen LogP contribution is 2.38. The molecule has 0 bridgehead atoms. The van der Waals surface area contributed by atoms with E-state index in [9.17, 15) is 4.79 Å². The van der Waals surface area contributed by atoms with Crippen molar-refractivity contribution < 1.29 is 9.26 Å². The Labute approximate surface area is 246 Å². The molecule has 216 valence electrons. The molecular formula is C30H31ClN8O3. The summed E-state index contributed by atoms with van der Waals surface area (Å²) in [5.74, 6) is 1.71. The number of hydrogen-bond donors (Lipinski definition) is 1. The molecule has 7 rings (SSSR count). The van der Waals surface area contributed by atoms with Crippen molar-refractivity contribution in [2.45, 2.75) is 45.2 Å². The molecule has 5 heterocycles. The summed E-state index contributed by atoms with van der Waals surface area (Å²) < 4.78 is 13.0. The van der Waals surface area contributed by atoms with Gasteiger partial charge < -0.3 is 14.2 Å². The standard InChI is InChI=1S/C30H31ClN8O3/c1-18-8-10-19(11-9-18)16-39-25-24(20-5-4-6-21(31)15-20)33-27(28-36-30(40)42-37-28)34-26(25)35-29(39)38-13-14-41-17-23(38)22-7-2-3-12-32-22/h2-7,12,15,18-19,23H,8-11,13-14,16-17H2,1H3,(H,36,37,40)/t18-,19-,23-/m0/s1. The zero-order valence-electron chi connectivity index (χ0n) is 23.2. The number of halogens is 1. The van der Waals surface area contributed by atoms with Crippen LogP contribution < -0.4 is 10.7 Å². The maximum atomic E-state index is 11.8. The molecular weight excluding hydrogens is 556 g/mol. The second kappa shape index (κ2) is 11.3. The molecule has 0 amide bonds. The van der Waals surface area contributed by atoms with Gasteiger partial charge in [-0.15, -0.1) is 0 Å². The van der Waals surface area contributed by atoms with Gasteiger partial charge in [-0.25, -0.2) is 14.8 Å². The van der Waals surface area contributed by atoms with Crippen molar-refractivity contribution in [3.63, 3.8) is 0 Å². The van der Waals surface area contributed by atoms with Crippen LogP contribution in [-0.2, 0) is 11.3 Å². The Bertz CT molecular complexity index is 1760. The Kier molecular flexibility index (Phi) is 7.20. The Morgan fingerprint density at radius 3 is 2.71 bits per heavy atom. The Morgan fingerprint density at radius 2 is 1.95 bits per heavy atom. The van der Waals surface area contributed by atoms with Gasteiger partial charge in [-0.1, -0.05) is 54.7 Å². The van der Waals surface area contributed by atoms with Crippen molar-refractivity contribution in [2.75, 3.05) is 24.7 Å². The average Bonchev–Trinajstić information content (AvgIpc) is 3.62. The van der Waals surface area contributed by atoms with Crippen LogP contribution in [0.2, 0.25) is 5.02 Å². The van der Waals surface area contributed by atoms with Crippen molar-refractivity contribution in [2.24, 2.45) is 11.8 Å². The molecule has 1 atom stereocenters. The third-order valence-electron chi connectivity index (χ3n) is 8.32. The third kappa shape index (κ3) is 5.18. The highest BCUT2D eigenvalue weighted by Gasteiger charge is 2.33. The van der Waals surface area contributed by atoms with Gasteiger partial charge in [0.25, 0.3) is 0 Å². The van der Waals surface area contributed by atoms with Gasteiger partial charge in [0.05, 0.1) is 24.9 Å². The van der Waals surface area contributed by atoms with Crippen LogP contribution >= 0.6 is 11.6 Å². The van der Waals surface area contributed by atoms with Crippen LogP contribution in [0.3, 0.4) is 0 Å². The first-order valence-electron chi connectivity index (χ1n) is 14.4. The van der Waals surface area contributed by atoms with E-state index in [0.717, 1.165) is 48.0 Å². The van der Waals surface area contributed by atoms with Crippen LogP contribution in [0.15, 0.2) is 58.0 Å². The minimum atomic E-state index is -0.678. The summed E-state index contributed by atoms with van der Waals surface area (Å²) in [6.07, 6.45) is 6.53. The number of pyridine rings is 1. The number of imidazole rings is 1. The monoisotopic (exact) mass is 586 g/mol. The van der Waals surface area contributed by atoms with Crippen LogP contribution in [0.4, 0.5) is 5.95 Å². The van der Waals surface area contributed by atoms with E-state index in [-0.39, 0.29) is 17.7 Å². The Hall–Kier alpha value is -4.09. The zero-order valence-corrected chi connectivity index (χ0v) is 24.0. The summed E-state index contributed by atoms with van der Waals surface area (Å²) in [5.41, 5.74) is 3.71. The number of ether oxygens (including phenoxy) is 1. The summed E-state index contributed by atoms with van der Waals surface area (Å²) >= 11 is 6.46. The molecule has 1 aromatic carbocycles. The number of hydrogen-bond acceptors (Lipinski definition) is 9. The van der Waals surface area contributed by atoms with E-state index in [1.54, 1.807) is 0 Å². The quantitative estimate of drug-likeness (QED) is 0.282. The summed E-state index contributed by atoms with van der Waals surface area (Å²) in [6.45, 7) is 4.84. The van der Waals surface area contributed by atoms with Crippen LogP contribution in [0, 0.1) is 11.8 Å². The summed E-state index contributed by atoms with van der Waals surface area (Å²) in [6, 6.07) is 13.4. The molecule has 4 aromatic heterocycles. The molecule has 11 nitrogen and oxygen atoms in total. The van der Waals surface area contributed by atoms with Gasteiger partial charge in [0, 0.05) is 29.9 Å². The number of H-pyrrole nitrogens is 1. The van der Waals surface area contributed by atoms with Crippen molar-refractivity contribution in [1.29, 1.82) is 0 Å². The number of benzene rings is 1. The minimum Gasteiger partial charge on any atom is -0.377 e. The number of morpholine rings is 1. The average molecular weight is 587 g/mol. The van der Waals surface area contributed by atoms with Crippen LogP contribution in [0.25, 0.3) is 34.1 Å². The predicted octanol–water partition coefficient (Wildman–Crippen LogP) is 5.29. The lowest BCUT2D eigenvalue weighted by Gasteiger charge is -2.37. The SMILES string of the molecule is C[C@H]1CC[C@H](Cn2c(N3CCOC[C@H]3c3ccccn3)nc3nc(-c4noc(=O)[nH]4)nc(-c4cccc(Cl)c4)c32)CC1. The number of aromatic nitrogens is 7. The highest BCUT2D eigenvalue weighted by atomic mass is 35.5. The van der Waals surface area contributed by atoms with E-state index in [0.29, 0.717) is 42.0 Å². The van der Waals surface area contributed by atoms with Gasteiger partial charge in [-0.05, 0) is 48.9 Å². The number of rotatable bonds is 6. The molecule has 1 N–H and O–H groups in total. The summed E-state index contributed by atoms with van der Waals surface area (Å²) in [7, 11) is 0. The van der Waals surface area contributed by atoms with Crippen molar-refractivity contribution in [3.8, 4) is 22.9 Å². The smallest absolute Gasteiger partial charge is 0.377 e. The van der Waals surface area contributed by atoms with Crippen molar-refractivity contribution >= 4 is 28.7 Å². The summed E-state index contributed by atoms with van der Waals surface area (Å²) in [5, 5.41) is 4.44. The number of fused-ring (bicyclic) bond motifs is 1. The highest BCUT2D eigenvalue weighted by molar-refractivity contribution is 6.30. The molecule has 2 fully saturated rings. The molecule has 2 aliphatic rings. The van der Waals surface area contributed by atoms with E-state index < -0.39 is 5.76 Å². The molecule has 1 aliphatic carbocycles. The molecule has 0 unspecified atom stereocenters. The first-order valence-corrected chi connectivity index (χ1v) is 14.8. The molecule has 1 aliphatic heterocycles. The van der Waals surface area contributed by atoms with Crippen molar-refractivity contribution in [1.82, 2.24) is 34.6 Å². The molecule has 12 heteroatoms. The fraction of sp³-hybridized carbons (Fsp3) is 0.400. The maximum Gasteiger partial charge on any atom is 0.439 e. The second-order valence-corrected chi connectivity index (χ2v) is 11.6. The van der Waals surface area contributed by atoms with Crippen molar-refractivity contribution in [3.05, 3.63) is 69.9 Å². The number of anilines is 1. The fourth-order valence-corrected chi connectivity index (χ4v) is 6.31. The zero-order chi connectivity index (χ0) is 28.6. The van der Waals surface area contributed by atoms with Gasteiger partial charge in [-0.3, -0.25) is 14.5 Å². The topological polar surface area (TPSA) is 128 Å². The largest absolute Gasteiger partial charge is 0.439 e. The second-order valence-electron chi connectivity index (χ2n) is 11.2. The van der Waals surface area contributed by atoms with E-state index in [1.165, 1.54) is 12.8 Å². The number of nitrogens with zero attached hydrogens (tertiary/aromatic N) is 7. The van der Waals surface area contributed by atoms with Crippen LogP contribution in [-0.4, -0.2) is 54.4 Å². The van der Waals surface area contributed by atoms with Gasteiger partial charge in [0.1, 0.15) is 11.2 Å². The van der Waals surface area contributed by atoms with E-state index in [4.69, 9.17) is 35.8 Å². The van der Waals surface area contributed by atoms with Gasteiger partial charge in [0.15, 0.2) is 5.65 Å².